The van der Waals surface area contributed by atoms with Crippen molar-refractivity contribution in [3.63, 3.8) is 0 Å². The average Bonchev–Trinajstić information content (AvgIpc) is 2.67. The number of nitrogens with zero attached hydrogens (tertiary/aromatic N) is 2. The maximum absolute atomic E-state index is 12.3. The monoisotopic (exact) mass is 338 g/mol. The Morgan fingerprint density at radius 1 is 1.08 bits per heavy atom. The Kier molecular flexibility index (Phi) is 6.37. The third-order valence-corrected chi connectivity index (χ3v) is 4.63. The number of aryl methyl sites for hydroxylation is 1. The molecule has 1 aliphatic carbocycles. The number of benzene rings is 1. The highest BCUT2D eigenvalue weighted by Gasteiger charge is 2.14. The van der Waals surface area contributed by atoms with Crippen molar-refractivity contribution in [2.45, 2.75) is 51.0 Å². The maximum Gasteiger partial charge on any atom is 0.270 e. The quantitative estimate of drug-likeness (QED) is 0.757. The largest absolute Gasteiger partial charge is 0.367 e. The molecule has 0 saturated heterocycles. The highest BCUT2D eigenvalue weighted by molar-refractivity contribution is 5.92. The second-order valence-corrected chi connectivity index (χ2v) is 6.61. The van der Waals surface area contributed by atoms with Gasteiger partial charge in [-0.25, -0.2) is 9.97 Å². The van der Waals surface area contributed by atoms with Crippen LogP contribution in [0, 0.1) is 0 Å². The molecule has 1 heterocycles. The van der Waals surface area contributed by atoms with Gasteiger partial charge in [-0.2, -0.15) is 0 Å². The number of aromatic nitrogens is 2. The summed E-state index contributed by atoms with van der Waals surface area (Å²) in [5.74, 6) is 0.610. The molecule has 5 nitrogen and oxygen atoms in total. The molecule has 0 aliphatic heterocycles. The Morgan fingerprint density at radius 3 is 2.68 bits per heavy atom. The van der Waals surface area contributed by atoms with Gasteiger partial charge in [-0.1, -0.05) is 49.6 Å². The predicted molar refractivity (Wildman–Crippen MR) is 99.6 cm³/mol. The fraction of sp³-hybridized carbons (Fsp3) is 0.450. The fourth-order valence-electron chi connectivity index (χ4n) is 3.25. The van der Waals surface area contributed by atoms with Crippen LogP contribution in [0.25, 0.3) is 0 Å². The zero-order chi connectivity index (χ0) is 17.3. The van der Waals surface area contributed by atoms with Crippen LogP contribution in [0.3, 0.4) is 0 Å². The van der Waals surface area contributed by atoms with Crippen molar-refractivity contribution in [2.24, 2.45) is 0 Å². The molecule has 1 saturated carbocycles. The molecule has 1 fully saturated rings. The minimum absolute atomic E-state index is 0.137. The minimum Gasteiger partial charge on any atom is -0.367 e. The lowest BCUT2D eigenvalue weighted by atomic mass is 9.95. The molecule has 0 unspecified atom stereocenters. The Bertz CT molecular complexity index is 668. The topological polar surface area (TPSA) is 66.9 Å². The molecule has 1 aliphatic rings. The lowest BCUT2D eigenvalue weighted by Gasteiger charge is -2.23. The van der Waals surface area contributed by atoms with E-state index in [1.54, 1.807) is 6.07 Å². The van der Waals surface area contributed by atoms with Gasteiger partial charge in [0.2, 0.25) is 0 Å². The summed E-state index contributed by atoms with van der Waals surface area (Å²) in [5, 5.41) is 6.38. The molecule has 1 aromatic heterocycles. The number of hydrogen-bond donors (Lipinski definition) is 2. The lowest BCUT2D eigenvalue weighted by Crippen LogP contribution is -2.27. The first kappa shape index (κ1) is 17.4. The molecule has 2 N–H and O–H groups in total. The molecule has 1 amide bonds. The van der Waals surface area contributed by atoms with Gasteiger partial charge in [0.05, 0.1) is 0 Å². The van der Waals surface area contributed by atoms with E-state index in [2.05, 4.69) is 32.7 Å². The summed E-state index contributed by atoms with van der Waals surface area (Å²) in [6.07, 6.45) is 9.51. The third kappa shape index (κ3) is 5.55. The predicted octanol–water partition coefficient (Wildman–Crippen LogP) is 3.58. The van der Waals surface area contributed by atoms with Gasteiger partial charge in [0, 0.05) is 18.7 Å². The van der Waals surface area contributed by atoms with E-state index in [4.69, 9.17) is 0 Å². The summed E-state index contributed by atoms with van der Waals surface area (Å²) in [5.41, 5.74) is 1.71. The summed E-state index contributed by atoms with van der Waals surface area (Å²) in [6.45, 7) is 0.642. The first-order chi connectivity index (χ1) is 12.3. The van der Waals surface area contributed by atoms with Crippen molar-refractivity contribution >= 4 is 11.7 Å². The van der Waals surface area contributed by atoms with Crippen LogP contribution >= 0.6 is 0 Å². The highest BCUT2D eigenvalue weighted by atomic mass is 16.1. The van der Waals surface area contributed by atoms with Gasteiger partial charge in [0.1, 0.15) is 17.8 Å². The van der Waals surface area contributed by atoms with E-state index in [1.807, 2.05) is 18.2 Å². The summed E-state index contributed by atoms with van der Waals surface area (Å²) in [4.78, 5) is 20.6. The van der Waals surface area contributed by atoms with Gasteiger partial charge in [-0.15, -0.1) is 0 Å². The Labute approximate surface area is 149 Å². The summed E-state index contributed by atoms with van der Waals surface area (Å²) in [6, 6.07) is 12.5. The summed E-state index contributed by atoms with van der Waals surface area (Å²) < 4.78 is 0. The maximum atomic E-state index is 12.3. The zero-order valence-electron chi connectivity index (χ0n) is 14.6. The van der Waals surface area contributed by atoms with Crippen molar-refractivity contribution < 1.29 is 4.79 Å². The number of rotatable bonds is 7. The minimum atomic E-state index is -0.137. The van der Waals surface area contributed by atoms with E-state index in [0.717, 1.165) is 18.7 Å². The van der Waals surface area contributed by atoms with Crippen LogP contribution in [0.15, 0.2) is 42.7 Å². The third-order valence-electron chi connectivity index (χ3n) is 4.63. The van der Waals surface area contributed by atoms with Crippen molar-refractivity contribution in [3.05, 3.63) is 54.0 Å². The van der Waals surface area contributed by atoms with E-state index in [-0.39, 0.29) is 5.91 Å². The summed E-state index contributed by atoms with van der Waals surface area (Å²) in [7, 11) is 0. The second kappa shape index (κ2) is 9.16. The molecule has 2 aromatic rings. The van der Waals surface area contributed by atoms with Crippen molar-refractivity contribution in [3.8, 4) is 0 Å². The standard InChI is InChI=1S/C20H26N4O/c25-20(21-13-7-10-16-8-3-1-4-9-16)18-14-19(23-15-22-18)24-17-11-5-2-6-12-17/h1,3-4,8-9,14-15,17H,2,5-7,10-13H2,(H,21,25)(H,22,23,24). The van der Waals surface area contributed by atoms with Crippen LogP contribution < -0.4 is 10.6 Å². The molecule has 5 heteroatoms. The van der Waals surface area contributed by atoms with Gasteiger partial charge in [0.15, 0.2) is 0 Å². The van der Waals surface area contributed by atoms with Crippen LogP contribution in [0.4, 0.5) is 5.82 Å². The molecule has 25 heavy (non-hydrogen) atoms. The van der Waals surface area contributed by atoms with E-state index >= 15 is 0 Å². The van der Waals surface area contributed by atoms with Gasteiger partial charge in [-0.05, 0) is 31.2 Å². The van der Waals surface area contributed by atoms with Gasteiger partial charge in [0.25, 0.3) is 5.91 Å². The van der Waals surface area contributed by atoms with Crippen LogP contribution in [-0.4, -0.2) is 28.5 Å². The van der Waals surface area contributed by atoms with E-state index in [9.17, 15) is 4.79 Å². The van der Waals surface area contributed by atoms with Gasteiger partial charge in [-0.3, -0.25) is 4.79 Å². The SMILES string of the molecule is O=C(NCCCc1ccccc1)c1cc(NC2CCCCC2)ncn1. The van der Waals surface area contributed by atoms with Gasteiger partial charge < -0.3 is 10.6 Å². The normalized spacial score (nSPS) is 14.9. The van der Waals surface area contributed by atoms with E-state index in [1.165, 1.54) is 44.0 Å². The number of carbonyl (C=O) groups excluding carboxylic acids is 1. The number of hydrogen-bond acceptors (Lipinski definition) is 4. The number of nitrogens with one attached hydrogen (secondary N) is 2. The Balaban J connectivity index is 1.45. The molecule has 0 radical (unpaired) electrons. The molecule has 0 atom stereocenters. The first-order valence-electron chi connectivity index (χ1n) is 9.22. The molecule has 3 rings (SSSR count). The van der Waals surface area contributed by atoms with Crippen LogP contribution in [0.1, 0.15) is 54.6 Å². The van der Waals surface area contributed by atoms with Gasteiger partial charge >= 0.3 is 0 Å². The van der Waals surface area contributed by atoms with E-state index in [0.29, 0.717) is 18.3 Å². The average molecular weight is 338 g/mol. The lowest BCUT2D eigenvalue weighted by molar-refractivity contribution is 0.0948. The molecule has 0 spiro atoms. The van der Waals surface area contributed by atoms with E-state index < -0.39 is 0 Å². The molecular weight excluding hydrogens is 312 g/mol. The van der Waals surface area contributed by atoms with Crippen LogP contribution in [-0.2, 0) is 6.42 Å². The Morgan fingerprint density at radius 2 is 1.88 bits per heavy atom. The van der Waals surface area contributed by atoms with Crippen molar-refractivity contribution in [1.29, 1.82) is 0 Å². The summed E-state index contributed by atoms with van der Waals surface area (Å²) >= 11 is 0. The van der Waals surface area contributed by atoms with Crippen molar-refractivity contribution in [1.82, 2.24) is 15.3 Å². The number of anilines is 1. The first-order valence-corrected chi connectivity index (χ1v) is 9.22. The fourth-order valence-corrected chi connectivity index (χ4v) is 3.25. The number of carbonyl (C=O) groups is 1. The molecule has 0 bridgehead atoms. The zero-order valence-corrected chi connectivity index (χ0v) is 14.6. The molecule has 1 aromatic carbocycles. The molecular formula is C20H26N4O. The number of amides is 1. The Hall–Kier alpha value is -2.43. The van der Waals surface area contributed by atoms with Crippen LogP contribution in [0.2, 0.25) is 0 Å². The van der Waals surface area contributed by atoms with Crippen LogP contribution in [0.5, 0.6) is 0 Å². The smallest absolute Gasteiger partial charge is 0.270 e. The highest BCUT2D eigenvalue weighted by Crippen LogP contribution is 2.20. The molecule has 132 valence electrons. The second-order valence-electron chi connectivity index (χ2n) is 6.61. The van der Waals surface area contributed by atoms with Crippen molar-refractivity contribution in [2.75, 3.05) is 11.9 Å².